The number of carbonyl (C=O) groups is 1. The molecule has 0 aromatic heterocycles. The molecule has 0 radical (unpaired) electrons. The molecule has 0 saturated carbocycles. The van der Waals surface area contributed by atoms with Gasteiger partial charge in [-0.2, -0.15) is 0 Å². The lowest BCUT2D eigenvalue weighted by molar-refractivity contribution is -0.132. The predicted octanol–water partition coefficient (Wildman–Crippen LogP) is 3.30. The molecular weight excluding hydrogens is 212 g/mol. The topological polar surface area (TPSA) is 37.3 Å². The quantitative estimate of drug-likeness (QED) is 0.797. The second-order valence-corrected chi connectivity index (χ2v) is 3.79. The van der Waals surface area contributed by atoms with E-state index in [1.165, 1.54) is 0 Å². The molecule has 0 bridgehead atoms. The van der Waals surface area contributed by atoms with Gasteiger partial charge in [-0.1, -0.05) is 29.8 Å². The van der Waals surface area contributed by atoms with Gasteiger partial charge in [-0.15, -0.1) is 0 Å². The molecule has 0 saturated heterocycles. The summed E-state index contributed by atoms with van der Waals surface area (Å²) in [4.78, 5) is 10.5. The number of carboxylic acid groups (broad SMARTS) is 1. The Hall–Kier alpha value is -1.28. The number of aliphatic carboxylic acids is 1. The van der Waals surface area contributed by atoms with Crippen LogP contribution < -0.4 is 0 Å². The monoisotopic (exact) mass is 224 g/mol. The molecule has 3 heteroatoms. The van der Waals surface area contributed by atoms with Crippen molar-refractivity contribution in [2.24, 2.45) is 0 Å². The summed E-state index contributed by atoms with van der Waals surface area (Å²) >= 11 is 5.75. The van der Waals surface area contributed by atoms with Crippen LogP contribution >= 0.6 is 11.6 Å². The zero-order valence-electron chi connectivity index (χ0n) is 8.53. The van der Waals surface area contributed by atoms with Crippen molar-refractivity contribution in [3.63, 3.8) is 0 Å². The van der Waals surface area contributed by atoms with Gasteiger partial charge in [0.05, 0.1) is 0 Å². The van der Waals surface area contributed by atoms with Gasteiger partial charge in [-0.3, -0.25) is 0 Å². The number of benzene rings is 1. The molecule has 0 amide bonds. The van der Waals surface area contributed by atoms with Gasteiger partial charge in [0, 0.05) is 10.6 Å². The van der Waals surface area contributed by atoms with Gasteiger partial charge in [0.15, 0.2) is 0 Å². The zero-order chi connectivity index (χ0) is 11.3. The van der Waals surface area contributed by atoms with E-state index >= 15 is 0 Å². The van der Waals surface area contributed by atoms with Crippen molar-refractivity contribution in [3.8, 4) is 0 Å². The lowest BCUT2D eigenvalue weighted by Crippen LogP contribution is -1.96. The number of hydrogen-bond acceptors (Lipinski definition) is 1. The highest BCUT2D eigenvalue weighted by Gasteiger charge is 1.98. The Morgan fingerprint density at radius 3 is 2.53 bits per heavy atom. The average Bonchev–Trinajstić information content (AvgIpc) is 2.20. The van der Waals surface area contributed by atoms with Crippen LogP contribution in [0.5, 0.6) is 0 Å². The molecule has 15 heavy (non-hydrogen) atoms. The molecule has 1 aromatic rings. The van der Waals surface area contributed by atoms with Crippen LogP contribution in [0.3, 0.4) is 0 Å². The number of aryl methyl sites for hydroxylation is 1. The minimum absolute atomic E-state index is 0.393. The van der Waals surface area contributed by atoms with Crippen LogP contribution in [0.4, 0.5) is 0 Å². The first kappa shape index (κ1) is 11.8. The van der Waals surface area contributed by atoms with Crippen molar-refractivity contribution < 1.29 is 9.90 Å². The van der Waals surface area contributed by atoms with Gasteiger partial charge in [0.25, 0.3) is 0 Å². The second-order valence-electron chi connectivity index (χ2n) is 3.36. The maximum absolute atomic E-state index is 10.5. The zero-order valence-corrected chi connectivity index (χ0v) is 9.29. The highest BCUT2D eigenvalue weighted by atomic mass is 35.5. The minimum Gasteiger partial charge on any atom is -0.478 e. The molecule has 1 N–H and O–H groups in total. The fourth-order valence-electron chi connectivity index (χ4n) is 1.19. The van der Waals surface area contributed by atoms with Crippen LogP contribution in [-0.4, -0.2) is 11.1 Å². The Labute approximate surface area is 94.2 Å². The first-order chi connectivity index (χ1) is 7.09. The SMILES string of the molecule is CC(=CCCc1ccc(Cl)cc1)C(=O)O. The van der Waals surface area contributed by atoms with E-state index in [2.05, 4.69) is 0 Å². The van der Waals surface area contributed by atoms with Crippen molar-refractivity contribution >= 4 is 17.6 Å². The van der Waals surface area contributed by atoms with Crippen molar-refractivity contribution in [1.29, 1.82) is 0 Å². The summed E-state index contributed by atoms with van der Waals surface area (Å²) in [5.74, 6) is -0.855. The first-order valence-corrected chi connectivity index (χ1v) is 5.12. The minimum atomic E-state index is -0.855. The van der Waals surface area contributed by atoms with E-state index in [-0.39, 0.29) is 0 Å². The summed E-state index contributed by atoms with van der Waals surface area (Å²) < 4.78 is 0. The Morgan fingerprint density at radius 2 is 2.00 bits per heavy atom. The molecule has 80 valence electrons. The van der Waals surface area contributed by atoms with Crippen LogP contribution in [0.2, 0.25) is 5.02 Å². The molecule has 0 aliphatic rings. The smallest absolute Gasteiger partial charge is 0.330 e. The molecule has 0 aliphatic carbocycles. The van der Waals surface area contributed by atoms with Gasteiger partial charge in [0.2, 0.25) is 0 Å². The van der Waals surface area contributed by atoms with E-state index < -0.39 is 5.97 Å². The lowest BCUT2D eigenvalue weighted by Gasteiger charge is -1.98. The normalized spacial score (nSPS) is 11.5. The Kier molecular flexibility index (Phi) is 4.37. The lowest BCUT2D eigenvalue weighted by atomic mass is 10.1. The van der Waals surface area contributed by atoms with Crippen molar-refractivity contribution in [3.05, 3.63) is 46.5 Å². The largest absolute Gasteiger partial charge is 0.478 e. The molecule has 0 unspecified atom stereocenters. The van der Waals surface area contributed by atoms with Gasteiger partial charge in [-0.25, -0.2) is 4.79 Å². The number of carboxylic acids is 1. The summed E-state index contributed by atoms with van der Waals surface area (Å²) in [5, 5.41) is 9.35. The van der Waals surface area contributed by atoms with Gasteiger partial charge in [-0.05, 0) is 37.5 Å². The fourth-order valence-corrected chi connectivity index (χ4v) is 1.32. The third kappa shape index (κ3) is 4.17. The van der Waals surface area contributed by atoms with Gasteiger partial charge in [0.1, 0.15) is 0 Å². The van der Waals surface area contributed by atoms with Crippen LogP contribution in [0.1, 0.15) is 18.9 Å². The average molecular weight is 225 g/mol. The van der Waals surface area contributed by atoms with Crippen LogP contribution in [0.25, 0.3) is 0 Å². The standard InChI is InChI=1S/C12H13ClO2/c1-9(12(14)15)3-2-4-10-5-7-11(13)8-6-10/h3,5-8H,2,4H2,1H3,(H,14,15). The summed E-state index contributed by atoms with van der Waals surface area (Å²) in [7, 11) is 0. The molecule has 0 aliphatic heterocycles. The van der Waals surface area contributed by atoms with E-state index in [1.54, 1.807) is 13.0 Å². The molecule has 2 nitrogen and oxygen atoms in total. The Balaban J connectivity index is 2.48. The summed E-state index contributed by atoms with van der Waals surface area (Å²) in [6, 6.07) is 7.58. The van der Waals surface area contributed by atoms with E-state index in [1.807, 2.05) is 24.3 Å². The second kappa shape index (κ2) is 5.56. The Bertz CT molecular complexity index is 366. The highest BCUT2D eigenvalue weighted by molar-refractivity contribution is 6.30. The summed E-state index contributed by atoms with van der Waals surface area (Å²) in [5.41, 5.74) is 1.55. The van der Waals surface area contributed by atoms with E-state index in [9.17, 15) is 4.79 Å². The third-order valence-corrected chi connectivity index (χ3v) is 2.39. The molecular formula is C12H13ClO2. The molecule has 0 heterocycles. The van der Waals surface area contributed by atoms with Crippen LogP contribution in [0, 0.1) is 0 Å². The number of allylic oxidation sites excluding steroid dienone is 1. The molecule has 1 aromatic carbocycles. The molecule has 0 atom stereocenters. The van der Waals surface area contributed by atoms with E-state index in [0.29, 0.717) is 5.57 Å². The van der Waals surface area contributed by atoms with Crippen LogP contribution in [0.15, 0.2) is 35.9 Å². The molecule has 1 rings (SSSR count). The first-order valence-electron chi connectivity index (χ1n) is 4.74. The van der Waals surface area contributed by atoms with E-state index in [4.69, 9.17) is 16.7 Å². The van der Waals surface area contributed by atoms with Gasteiger partial charge < -0.3 is 5.11 Å². The summed E-state index contributed by atoms with van der Waals surface area (Å²) in [6.45, 7) is 1.60. The highest BCUT2D eigenvalue weighted by Crippen LogP contribution is 2.11. The fraction of sp³-hybridized carbons (Fsp3) is 0.250. The van der Waals surface area contributed by atoms with Crippen molar-refractivity contribution in [2.45, 2.75) is 19.8 Å². The number of rotatable bonds is 4. The number of halogens is 1. The predicted molar refractivity (Wildman–Crippen MR) is 61.2 cm³/mol. The Morgan fingerprint density at radius 1 is 1.40 bits per heavy atom. The molecule has 0 spiro atoms. The van der Waals surface area contributed by atoms with Crippen LogP contribution in [-0.2, 0) is 11.2 Å². The van der Waals surface area contributed by atoms with Gasteiger partial charge >= 0.3 is 5.97 Å². The van der Waals surface area contributed by atoms with Crippen molar-refractivity contribution in [2.75, 3.05) is 0 Å². The third-order valence-electron chi connectivity index (χ3n) is 2.13. The van der Waals surface area contributed by atoms with E-state index in [0.717, 1.165) is 23.4 Å². The maximum atomic E-state index is 10.5. The van der Waals surface area contributed by atoms with Crippen molar-refractivity contribution in [1.82, 2.24) is 0 Å². The molecule has 0 fully saturated rings. The maximum Gasteiger partial charge on any atom is 0.330 e. The summed E-state index contributed by atoms with van der Waals surface area (Å²) in [6.07, 6.45) is 3.30. The number of hydrogen-bond donors (Lipinski definition) is 1.